The minimum Gasteiger partial charge on any atom is -0.491 e. The second-order valence-corrected chi connectivity index (χ2v) is 9.68. The molecule has 0 spiro atoms. The minimum atomic E-state index is -0.00466. The molecule has 3 heterocycles. The number of likely N-dealkylation sites (tertiary alicyclic amines) is 2. The van der Waals surface area contributed by atoms with Crippen LogP contribution in [-0.4, -0.2) is 60.3 Å². The van der Waals surface area contributed by atoms with Crippen molar-refractivity contribution in [2.45, 2.75) is 63.8 Å². The molecule has 6 heteroatoms. The Morgan fingerprint density at radius 1 is 1.12 bits per heavy atom. The minimum absolute atomic E-state index is 0.00466. The van der Waals surface area contributed by atoms with E-state index >= 15 is 0 Å². The second-order valence-electron chi connectivity index (χ2n) is 9.68. The van der Waals surface area contributed by atoms with Crippen molar-refractivity contribution in [3.05, 3.63) is 59.7 Å². The van der Waals surface area contributed by atoms with Crippen molar-refractivity contribution in [3.63, 3.8) is 0 Å². The molecule has 4 atom stereocenters. The molecular weight excluding hydrogens is 414 g/mol. The maximum atomic E-state index is 13.0. The third-order valence-corrected chi connectivity index (χ3v) is 7.50. The quantitative estimate of drug-likeness (QED) is 0.675. The molecule has 2 aromatic carbocycles. The van der Waals surface area contributed by atoms with Gasteiger partial charge in [-0.3, -0.25) is 4.90 Å². The number of ether oxygens (including phenoxy) is 2. The van der Waals surface area contributed by atoms with Crippen molar-refractivity contribution >= 4 is 11.7 Å². The predicted octanol–water partition coefficient (Wildman–Crippen LogP) is 4.99. The summed E-state index contributed by atoms with van der Waals surface area (Å²) in [5.74, 6) is 0.809. The van der Waals surface area contributed by atoms with Crippen LogP contribution in [0, 0.1) is 6.92 Å². The molecule has 1 N–H and O–H groups in total. The standard InChI is InChI=1S/C27H35N3O3/c1-19-7-3-4-9-26(19)20(2)29-16-23-15-22(29)17-30(23)27(31)28-21-10-12-24(13-11-21)33-18-25-8-5-6-14-32-25/h3-4,7,9-13,20,22-23,25H,5-6,8,14-18H2,1-2H3,(H,28,31). The summed E-state index contributed by atoms with van der Waals surface area (Å²) in [7, 11) is 0. The molecule has 3 fully saturated rings. The molecule has 4 unspecified atom stereocenters. The van der Waals surface area contributed by atoms with E-state index < -0.39 is 0 Å². The first-order valence-electron chi connectivity index (χ1n) is 12.3. The van der Waals surface area contributed by atoms with Crippen molar-refractivity contribution in [1.82, 2.24) is 9.80 Å². The first kappa shape index (κ1) is 22.2. The summed E-state index contributed by atoms with van der Waals surface area (Å²) < 4.78 is 11.6. The smallest absolute Gasteiger partial charge is 0.322 e. The summed E-state index contributed by atoms with van der Waals surface area (Å²) in [5, 5.41) is 3.07. The summed E-state index contributed by atoms with van der Waals surface area (Å²) in [6.45, 7) is 7.61. The first-order valence-corrected chi connectivity index (χ1v) is 12.3. The van der Waals surface area contributed by atoms with Crippen molar-refractivity contribution in [2.24, 2.45) is 0 Å². The topological polar surface area (TPSA) is 54.0 Å². The predicted molar refractivity (Wildman–Crippen MR) is 130 cm³/mol. The third kappa shape index (κ3) is 4.87. The van der Waals surface area contributed by atoms with Gasteiger partial charge >= 0.3 is 6.03 Å². The van der Waals surface area contributed by atoms with Gasteiger partial charge in [-0.15, -0.1) is 0 Å². The van der Waals surface area contributed by atoms with Gasteiger partial charge < -0.3 is 19.7 Å². The number of fused-ring (bicyclic) bond motifs is 2. The number of carbonyl (C=O) groups is 1. The fraction of sp³-hybridized carbons (Fsp3) is 0.519. The number of carbonyl (C=O) groups excluding carboxylic acids is 1. The van der Waals surface area contributed by atoms with Gasteiger partial charge in [-0.25, -0.2) is 4.79 Å². The molecule has 2 bridgehead atoms. The van der Waals surface area contributed by atoms with Crippen LogP contribution in [0.5, 0.6) is 5.75 Å². The van der Waals surface area contributed by atoms with Gasteiger partial charge in [0.05, 0.1) is 6.10 Å². The summed E-state index contributed by atoms with van der Waals surface area (Å²) in [4.78, 5) is 17.5. The van der Waals surface area contributed by atoms with Gasteiger partial charge in [0, 0.05) is 43.5 Å². The van der Waals surface area contributed by atoms with Crippen LogP contribution >= 0.6 is 0 Å². The van der Waals surface area contributed by atoms with Crippen LogP contribution in [0.1, 0.15) is 49.8 Å². The molecule has 33 heavy (non-hydrogen) atoms. The van der Waals surface area contributed by atoms with E-state index in [0.717, 1.165) is 50.4 Å². The van der Waals surface area contributed by atoms with E-state index in [9.17, 15) is 4.79 Å². The Balaban J connectivity index is 1.12. The molecule has 6 nitrogen and oxygen atoms in total. The van der Waals surface area contributed by atoms with Crippen molar-refractivity contribution in [1.29, 1.82) is 0 Å². The molecule has 3 saturated heterocycles. The summed E-state index contributed by atoms with van der Waals surface area (Å²) >= 11 is 0. The van der Waals surface area contributed by atoms with Gasteiger partial charge in [-0.05, 0) is 74.9 Å². The number of urea groups is 1. The SMILES string of the molecule is Cc1ccccc1C(C)N1CC2CC1CN2C(=O)Nc1ccc(OCC2CCCCO2)cc1. The Morgan fingerprint density at radius 2 is 1.94 bits per heavy atom. The number of hydrogen-bond donors (Lipinski definition) is 1. The molecule has 3 aliphatic rings. The molecule has 0 saturated carbocycles. The first-order chi connectivity index (χ1) is 16.1. The van der Waals surface area contributed by atoms with E-state index in [-0.39, 0.29) is 18.2 Å². The summed E-state index contributed by atoms with van der Waals surface area (Å²) in [6.07, 6.45) is 4.66. The number of amides is 2. The second kappa shape index (κ2) is 9.74. The van der Waals surface area contributed by atoms with Crippen molar-refractivity contribution < 1.29 is 14.3 Å². The molecule has 2 aromatic rings. The van der Waals surface area contributed by atoms with Crippen LogP contribution in [0.4, 0.5) is 10.5 Å². The lowest BCUT2D eigenvalue weighted by atomic mass is 10.0. The number of rotatable bonds is 6. The highest BCUT2D eigenvalue weighted by Crippen LogP contribution is 2.37. The van der Waals surface area contributed by atoms with Gasteiger partial charge in [-0.1, -0.05) is 24.3 Å². The number of aryl methyl sites for hydroxylation is 1. The Bertz CT molecular complexity index is 957. The Labute approximate surface area is 196 Å². The molecule has 0 aliphatic carbocycles. The lowest BCUT2D eigenvalue weighted by Crippen LogP contribution is -2.50. The number of anilines is 1. The zero-order chi connectivity index (χ0) is 22.8. The van der Waals surface area contributed by atoms with Gasteiger partial charge in [-0.2, -0.15) is 0 Å². The average Bonchev–Trinajstić information content (AvgIpc) is 3.46. The third-order valence-electron chi connectivity index (χ3n) is 7.50. The monoisotopic (exact) mass is 449 g/mol. The Hall–Kier alpha value is -2.57. The molecule has 2 amide bonds. The van der Waals surface area contributed by atoms with Gasteiger partial charge in [0.1, 0.15) is 12.4 Å². The van der Waals surface area contributed by atoms with Gasteiger partial charge in [0.25, 0.3) is 0 Å². The molecule has 176 valence electrons. The number of piperazine rings is 1. The number of benzene rings is 2. The molecule has 3 aliphatic heterocycles. The number of nitrogens with one attached hydrogen (secondary N) is 1. The molecule has 0 aromatic heterocycles. The average molecular weight is 450 g/mol. The lowest BCUT2D eigenvalue weighted by molar-refractivity contribution is -0.0110. The van der Waals surface area contributed by atoms with Crippen LogP contribution < -0.4 is 10.1 Å². The van der Waals surface area contributed by atoms with E-state index in [0.29, 0.717) is 18.7 Å². The van der Waals surface area contributed by atoms with Crippen molar-refractivity contribution in [3.8, 4) is 5.75 Å². The van der Waals surface area contributed by atoms with Crippen LogP contribution in [0.3, 0.4) is 0 Å². The van der Waals surface area contributed by atoms with E-state index in [4.69, 9.17) is 9.47 Å². The normalized spacial score (nSPS) is 25.8. The zero-order valence-corrected chi connectivity index (χ0v) is 19.7. The van der Waals surface area contributed by atoms with Crippen LogP contribution in [0.15, 0.2) is 48.5 Å². The van der Waals surface area contributed by atoms with Gasteiger partial charge in [0.2, 0.25) is 0 Å². The fourth-order valence-corrected chi connectivity index (χ4v) is 5.61. The highest BCUT2D eigenvalue weighted by Gasteiger charge is 2.46. The Kier molecular flexibility index (Phi) is 6.56. The largest absolute Gasteiger partial charge is 0.491 e. The van der Waals surface area contributed by atoms with Crippen LogP contribution in [-0.2, 0) is 4.74 Å². The van der Waals surface area contributed by atoms with Crippen LogP contribution in [0.25, 0.3) is 0 Å². The van der Waals surface area contributed by atoms with Crippen LogP contribution in [0.2, 0.25) is 0 Å². The highest BCUT2D eigenvalue weighted by molar-refractivity contribution is 5.90. The van der Waals surface area contributed by atoms with Gasteiger partial charge in [0.15, 0.2) is 0 Å². The number of nitrogens with zero attached hydrogens (tertiary/aromatic N) is 2. The molecule has 0 radical (unpaired) electrons. The maximum Gasteiger partial charge on any atom is 0.322 e. The van der Waals surface area contributed by atoms with Crippen molar-refractivity contribution in [2.75, 3.05) is 31.6 Å². The zero-order valence-electron chi connectivity index (χ0n) is 19.7. The maximum absolute atomic E-state index is 13.0. The molecule has 5 rings (SSSR count). The lowest BCUT2D eigenvalue weighted by Gasteiger charge is -2.38. The van der Waals surface area contributed by atoms with E-state index in [1.165, 1.54) is 17.5 Å². The Morgan fingerprint density at radius 3 is 2.64 bits per heavy atom. The highest BCUT2D eigenvalue weighted by atomic mass is 16.5. The van der Waals surface area contributed by atoms with E-state index in [1.807, 2.05) is 29.2 Å². The number of hydrogen-bond acceptors (Lipinski definition) is 4. The summed E-state index contributed by atoms with van der Waals surface area (Å²) in [5.41, 5.74) is 3.52. The fourth-order valence-electron chi connectivity index (χ4n) is 5.61. The molecular formula is C27H35N3O3. The summed E-state index contributed by atoms with van der Waals surface area (Å²) in [6, 6.07) is 17.4. The van der Waals surface area contributed by atoms with E-state index in [1.54, 1.807) is 0 Å². The van der Waals surface area contributed by atoms with E-state index in [2.05, 4.69) is 48.3 Å².